The van der Waals surface area contributed by atoms with Crippen LogP contribution < -0.4 is 5.32 Å². The maximum Gasteiger partial charge on any atom is 0.323 e. The fraction of sp³-hybridized carbons (Fsp3) is 0.538. The second kappa shape index (κ2) is 5.82. The van der Waals surface area contributed by atoms with Gasteiger partial charge in [-0.25, -0.2) is 9.78 Å². The molecule has 5 heteroatoms. The van der Waals surface area contributed by atoms with E-state index in [9.17, 15) is 9.90 Å². The average Bonchev–Trinajstić information content (AvgIpc) is 2.39. The van der Waals surface area contributed by atoms with Gasteiger partial charge in [0.15, 0.2) is 0 Å². The Bertz CT molecular complexity index is 396. The van der Waals surface area contributed by atoms with E-state index >= 15 is 0 Å². The number of hydrogen-bond donors (Lipinski definition) is 2. The van der Waals surface area contributed by atoms with Gasteiger partial charge in [-0.2, -0.15) is 0 Å². The van der Waals surface area contributed by atoms with Crippen LogP contribution in [0.1, 0.15) is 19.8 Å². The van der Waals surface area contributed by atoms with E-state index in [-0.39, 0.29) is 18.7 Å². The van der Waals surface area contributed by atoms with Gasteiger partial charge in [-0.3, -0.25) is 5.32 Å². The van der Waals surface area contributed by atoms with Crippen LogP contribution in [0.2, 0.25) is 0 Å². The predicted molar refractivity (Wildman–Crippen MR) is 69.2 cm³/mol. The standard InChI is InChI=1S/C13H19N3O2/c1-10-5-4-8-16(11(10)9-17)13(18)15-12-6-2-3-7-14-12/h2-3,6-7,10-11,17H,4-5,8-9H2,1H3,(H,14,15,18). The van der Waals surface area contributed by atoms with Crippen LogP contribution >= 0.6 is 0 Å². The second-order valence-corrected chi connectivity index (χ2v) is 4.71. The highest BCUT2D eigenvalue weighted by Gasteiger charge is 2.31. The maximum atomic E-state index is 12.1. The first-order chi connectivity index (χ1) is 8.72. The molecule has 0 spiro atoms. The molecule has 2 amide bonds. The summed E-state index contributed by atoms with van der Waals surface area (Å²) in [4.78, 5) is 17.9. The lowest BCUT2D eigenvalue weighted by Crippen LogP contribution is -2.51. The zero-order valence-electron chi connectivity index (χ0n) is 10.5. The van der Waals surface area contributed by atoms with Crippen LogP contribution in [0.15, 0.2) is 24.4 Å². The van der Waals surface area contributed by atoms with Gasteiger partial charge in [-0.15, -0.1) is 0 Å². The Labute approximate surface area is 107 Å². The first-order valence-corrected chi connectivity index (χ1v) is 6.32. The number of aliphatic hydroxyl groups excluding tert-OH is 1. The summed E-state index contributed by atoms with van der Waals surface area (Å²) < 4.78 is 0. The number of carbonyl (C=O) groups is 1. The Kier molecular flexibility index (Phi) is 4.15. The summed E-state index contributed by atoms with van der Waals surface area (Å²) in [5.74, 6) is 0.871. The van der Waals surface area contributed by atoms with E-state index in [2.05, 4.69) is 17.2 Å². The SMILES string of the molecule is CC1CCCN(C(=O)Nc2ccccn2)C1CO. The van der Waals surface area contributed by atoms with Gasteiger partial charge in [0.2, 0.25) is 0 Å². The van der Waals surface area contributed by atoms with Crippen LogP contribution in [0.25, 0.3) is 0 Å². The summed E-state index contributed by atoms with van der Waals surface area (Å²) >= 11 is 0. The molecule has 1 aromatic rings. The molecule has 1 aliphatic heterocycles. The quantitative estimate of drug-likeness (QED) is 0.838. The smallest absolute Gasteiger partial charge is 0.323 e. The Balaban J connectivity index is 2.03. The molecule has 0 radical (unpaired) electrons. The van der Waals surface area contributed by atoms with Crippen molar-refractivity contribution in [3.8, 4) is 0 Å². The van der Waals surface area contributed by atoms with Crippen molar-refractivity contribution in [2.75, 3.05) is 18.5 Å². The number of likely N-dealkylation sites (tertiary alicyclic amines) is 1. The molecule has 5 nitrogen and oxygen atoms in total. The van der Waals surface area contributed by atoms with Crippen molar-refractivity contribution >= 4 is 11.8 Å². The third-order valence-electron chi connectivity index (χ3n) is 3.46. The van der Waals surface area contributed by atoms with Crippen molar-refractivity contribution in [2.24, 2.45) is 5.92 Å². The fourth-order valence-electron chi connectivity index (χ4n) is 2.40. The summed E-state index contributed by atoms with van der Waals surface area (Å²) in [6.07, 6.45) is 3.67. The van der Waals surface area contributed by atoms with Crippen LogP contribution in [0.3, 0.4) is 0 Å². The molecule has 0 saturated carbocycles. The molecular formula is C13H19N3O2. The first-order valence-electron chi connectivity index (χ1n) is 6.32. The number of aliphatic hydroxyl groups is 1. The van der Waals surface area contributed by atoms with Gasteiger partial charge >= 0.3 is 6.03 Å². The minimum Gasteiger partial charge on any atom is -0.394 e. The van der Waals surface area contributed by atoms with Gasteiger partial charge in [0.05, 0.1) is 12.6 Å². The molecule has 0 bridgehead atoms. The molecule has 18 heavy (non-hydrogen) atoms. The van der Waals surface area contributed by atoms with E-state index in [1.54, 1.807) is 23.2 Å². The van der Waals surface area contributed by atoms with Gasteiger partial charge in [0, 0.05) is 12.7 Å². The Morgan fingerprint density at radius 3 is 3.11 bits per heavy atom. The number of pyridine rings is 1. The summed E-state index contributed by atoms with van der Waals surface area (Å²) in [7, 11) is 0. The minimum absolute atomic E-state index is 0.0107. The van der Waals surface area contributed by atoms with E-state index in [0.29, 0.717) is 18.3 Å². The Morgan fingerprint density at radius 2 is 2.44 bits per heavy atom. The normalized spacial score (nSPS) is 23.8. The number of nitrogens with one attached hydrogen (secondary N) is 1. The molecule has 0 aliphatic carbocycles. The van der Waals surface area contributed by atoms with Crippen LogP contribution in [0.4, 0.5) is 10.6 Å². The Hall–Kier alpha value is -1.62. The highest BCUT2D eigenvalue weighted by molar-refractivity contribution is 5.88. The highest BCUT2D eigenvalue weighted by Crippen LogP contribution is 2.23. The summed E-state index contributed by atoms with van der Waals surface area (Å²) in [5, 5.41) is 12.2. The van der Waals surface area contributed by atoms with Crippen molar-refractivity contribution in [3.05, 3.63) is 24.4 Å². The van der Waals surface area contributed by atoms with Crippen LogP contribution in [0, 0.1) is 5.92 Å². The monoisotopic (exact) mass is 249 g/mol. The number of nitrogens with zero attached hydrogens (tertiary/aromatic N) is 2. The van der Waals surface area contributed by atoms with E-state index < -0.39 is 0 Å². The molecule has 1 aromatic heterocycles. The number of rotatable bonds is 2. The maximum absolute atomic E-state index is 12.1. The average molecular weight is 249 g/mol. The minimum atomic E-state index is -0.181. The third kappa shape index (κ3) is 2.79. The predicted octanol–water partition coefficient (Wildman–Crippen LogP) is 1.71. The largest absolute Gasteiger partial charge is 0.394 e. The van der Waals surface area contributed by atoms with Gasteiger partial charge in [-0.1, -0.05) is 13.0 Å². The number of hydrogen-bond acceptors (Lipinski definition) is 3. The molecule has 2 atom stereocenters. The number of carbonyl (C=O) groups excluding carboxylic acids is 1. The summed E-state index contributed by atoms with van der Waals surface area (Å²) in [6, 6.07) is 5.10. The molecular weight excluding hydrogens is 230 g/mol. The van der Waals surface area contributed by atoms with Crippen molar-refractivity contribution in [3.63, 3.8) is 0 Å². The van der Waals surface area contributed by atoms with Gasteiger partial charge in [0.25, 0.3) is 0 Å². The van der Waals surface area contributed by atoms with Crippen LogP contribution in [-0.4, -0.2) is 40.2 Å². The summed E-state index contributed by atoms with van der Waals surface area (Å²) in [5.41, 5.74) is 0. The number of aromatic nitrogens is 1. The number of urea groups is 1. The number of amides is 2. The lowest BCUT2D eigenvalue weighted by molar-refractivity contribution is 0.0811. The third-order valence-corrected chi connectivity index (χ3v) is 3.46. The number of anilines is 1. The molecule has 2 heterocycles. The Morgan fingerprint density at radius 1 is 1.61 bits per heavy atom. The molecule has 1 fully saturated rings. The topological polar surface area (TPSA) is 65.5 Å². The van der Waals surface area contributed by atoms with Gasteiger partial charge in [0.1, 0.15) is 5.82 Å². The highest BCUT2D eigenvalue weighted by atomic mass is 16.3. The van der Waals surface area contributed by atoms with E-state index in [0.717, 1.165) is 12.8 Å². The van der Waals surface area contributed by atoms with Gasteiger partial charge in [-0.05, 0) is 30.9 Å². The van der Waals surface area contributed by atoms with E-state index in [1.807, 2.05) is 6.07 Å². The van der Waals surface area contributed by atoms with Crippen molar-refractivity contribution in [2.45, 2.75) is 25.8 Å². The van der Waals surface area contributed by atoms with Crippen molar-refractivity contribution in [1.29, 1.82) is 0 Å². The zero-order valence-corrected chi connectivity index (χ0v) is 10.5. The molecule has 1 aliphatic rings. The lowest BCUT2D eigenvalue weighted by Gasteiger charge is -2.38. The summed E-state index contributed by atoms with van der Waals surface area (Å²) in [6.45, 7) is 2.77. The van der Waals surface area contributed by atoms with Crippen LogP contribution in [-0.2, 0) is 0 Å². The van der Waals surface area contributed by atoms with Crippen LogP contribution in [0.5, 0.6) is 0 Å². The first kappa shape index (κ1) is 12.8. The number of piperidine rings is 1. The van der Waals surface area contributed by atoms with E-state index in [1.165, 1.54) is 0 Å². The molecule has 1 saturated heterocycles. The van der Waals surface area contributed by atoms with Gasteiger partial charge < -0.3 is 10.0 Å². The van der Waals surface area contributed by atoms with E-state index in [4.69, 9.17) is 0 Å². The molecule has 2 unspecified atom stereocenters. The molecule has 2 rings (SSSR count). The van der Waals surface area contributed by atoms with Crippen molar-refractivity contribution in [1.82, 2.24) is 9.88 Å². The fourth-order valence-corrected chi connectivity index (χ4v) is 2.40. The molecule has 2 N–H and O–H groups in total. The lowest BCUT2D eigenvalue weighted by atomic mass is 9.91. The molecule has 98 valence electrons. The second-order valence-electron chi connectivity index (χ2n) is 4.71. The van der Waals surface area contributed by atoms with Crippen molar-refractivity contribution < 1.29 is 9.90 Å². The molecule has 0 aromatic carbocycles. The zero-order chi connectivity index (χ0) is 13.0.